The van der Waals surface area contributed by atoms with Gasteiger partial charge in [-0.3, -0.25) is 0 Å². The summed E-state index contributed by atoms with van der Waals surface area (Å²) in [5.41, 5.74) is 0. The molecule has 0 aliphatic carbocycles. The lowest BCUT2D eigenvalue weighted by Crippen LogP contribution is -2.28. The van der Waals surface area contributed by atoms with Crippen LogP contribution in [0.4, 0.5) is 0 Å². The fourth-order valence-corrected chi connectivity index (χ4v) is 2.88. The highest BCUT2D eigenvalue weighted by Crippen LogP contribution is 2.22. The second-order valence-corrected chi connectivity index (χ2v) is 6.21. The Morgan fingerprint density at radius 1 is 1.12 bits per heavy atom. The van der Waals surface area contributed by atoms with Gasteiger partial charge in [-0.25, -0.2) is 0 Å². The summed E-state index contributed by atoms with van der Waals surface area (Å²) < 4.78 is 0. The molecule has 1 fully saturated rings. The molecule has 2 nitrogen and oxygen atoms in total. The van der Waals surface area contributed by atoms with Crippen molar-refractivity contribution < 1.29 is 0 Å². The van der Waals surface area contributed by atoms with Gasteiger partial charge >= 0.3 is 0 Å². The first kappa shape index (κ1) is 15.0. The van der Waals surface area contributed by atoms with E-state index < -0.39 is 0 Å². The maximum Gasteiger partial charge on any atom is 0.00700 e. The summed E-state index contributed by atoms with van der Waals surface area (Å²) >= 11 is 0. The van der Waals surface area contributed by atoms with E-state index in [1.54, 1.807) is 0 Å². The zero-order valence-electron chi connectivity index (χ0n) is 12.3. The van der Waals surface area contributed by atoms with Gasteiger partial charge in [0.2, 0.25) is 0 Å². The van der Waals surface area contributed by atoms with Crippen LogP contribution in [0.15, 0.2) is 0 Å². The third-order valence-electron chi connectivity index (χ3n) is 3.84. The molecule has 1 saturated heterocycles. The molecular formula is C15H32N2. The van der Waals surface area contributed by atoms with Crippen molar-refractivity contribution >= 4 is 0 Å². The van der Waals surface area contributed by atoms with Crippen LogP contribution in [0.1, 0.15) is 59.8 Å². The number of rotatable bonds is 8. The molecule has 0 spiro atoms. The minimum atomic E-state index is 0.641. The van der Waals surface area contributed by atoms with Gasteiger partial charge in [-0.1, -0.05) is 33.6 Å². The molecule has 102 valence electrons. The van der Waals surface area contributed by atoms with E-state index in [9.17, 15) is 0 Å². The van der Waals surface area contributed by atoms with Gasteiger partial charge in [0.05, 0.1) is 0 Å². The van der Waals surface area contributed by atoms with Crippen LogP contribution in [0.5, 0.6) is 0 Å². The van der Waals surface area contributed by atoms with E-state index in [0.29, 0.717) is 6.04 Å². The first-order chi connectivity index (χ1) is 8.09. The van der Waals surface area contributed by atoms with Gasteiger partial charge in [-0.15, -0.1) is 0 Å². The van der Waals surface area contributed by atoms with E-state index >= 15 is 0 Å². The Kier molecular flexibility index (Phi) is 7.14. The lowest BCUT2D eigenvalue weighted by atomic mass is 10.1. The van der Waals surface area contributed by atoms with Crippen molar-refractivity contribution in [2.24, 2.45) is 5.92 Å². The minimum absolute atomic E-state index is 0.641. The second-order valence-electron chi connectivity index (χ2n) is 6.21. The summed E-state index contributed by atoms with van der Waals surface area (Å²) in [6.45, 7) is 13.0. The summed E-state index contributed by atoms with van der Waals surface area (Å²) in [6, 6.07) is 1.47. The van der Waals surface area contributed by atoms with Crippen LogP contribution >= 0.6 is 0 Å². The highest BCUT2D eigenvalue weighted by atomic mass is 15.2. The lowest BCUT2D eigenvalue weighted by Gasteiger charge is -2.20. The Hall–Kier alpha value is -0.0800. The lowest BCUT2D eigenvalue weighted by molar-refractivity contribution is 0.258. The summed E-state index contributed by atoms with van der Waals surface area (Å²) in [4.78, 5) is 2.68. The fourth-order valence-electron chi connectivity index (χ4n) is 2.88. The standard InChI is InChI=1S/C15H32N2/c1-13(2)16-9-7-5-6-8-10-17-12-14(3)11-15(17)4/h13-16H,5-12H2,1-4H3. The van der Waals surface area contributed by atoms with E-state index in [-0.39, 0.29) is 0 Å². The van der Waals surface area contributed by atoms with Gasteiger partial charge in [0.15, 0.2) is 0 Å². The summed E-state index contributed by atoms with van der Waals surface area (Å²) in [6.07, 6.45) is 6.91. The van der Waals surface area contributed by atoms with Crippen LogP contribution in [-0.4, -0.2) is 36.6 Å². The SMILES string of the molecule is CC1CC(C)N(CCCCCCNC(C)C)C1. The van der Waals surface area contributed by atoms with Crippen molar-refractivity contribution in [3.8, 4) is 0 Å². The largest absolute Gasteiger partial charge is 0.315 e. The molecule has 2 atom stereocenters. The number of nitrogens with zero attached hydrogens (tertiary/aromatic N) is 1. The third-order valence-corrected chi connectivity index (χ3v) is 3.84. The van der Waals surface area contributed by atoms with E-state index in [1.165, 1.54) is 51.7 Å². The number of hydrogen-bond acceptors (Lipinski definition) is 2. The Morgan fingerprint density at radius 2 is 1.82 bits per heavy atom. The third kappa shape index (κ3) is 6.42. The summed E-state index contributed by atoms with van der Waals surface area (Å²) in [5, 5.41) is 3.48. The molecular weight excluding hydrogens is 208 g/mol. The van der Waals surface area contributed by atoms with Gasteiger partial charge in [0, 0.05) is 18.6 Å². The maximum atomic E-state index is 3.48. The topological polar surface area (TPSA) is 15.3 Å². The fraction of sp³-hybridized carbons (Fsp3) is 1.00. The molecule has 0 aromatic rings. The highest BCUT2D eigenvalue weighted by Gasteiger charge is 2.24. The minimum Gasteiger partial charge on any atom is -0.315 e. The van der Waals surface area contributed by atoms with Gasteiger partial charge < -0.3 is 10.2 Å². The molecule has 2 heteroatoms. The van der Waals surface area contributed by atoms with E-state index in [4.69, 9.17) is 0 Å². The molecule has 0 aromatic carbocycles. The molecule has 1 aliphatic heterocycles. The van der Waals surface area contributed by atoms with Crippen LogP contribution in [0.3, 0.4) is 0 Å². The molecule has 0 radical (unpaired) electrons. The van der Waals surface area contributed by atoms with Crippen molar-refractivity contribution in [2.45, 2.75) is 71.9 Å². The molecule has 0 bridgehead atoms. The zero-order chi connectivity index (χ0) is 12.7. The predicted octanol–water partition coefficient (Wildman–Crippen LogP) is 3.28. The summed E-state index contributed by atoms with van der Waals surface area (Å²) in [7, 11) is 0. The first-order valence-electron chi connectivity index (χ1n) is 7.57. The molecule has 17 heavy (non-hydrogen) atoms. The molecule has 1 aliphatic rings. The van der Waals surface area contributed by atoms with Gasteiger partial charge in [0.1, 0.15) is 0 Å². The van der Waals surface area contributed by atoms with Gasteiger partial charge in [-0.05, 0) is 45.2 Å². The maximum absolute atomic E-state index is 3.48. The van der Waals surface area contributed by atoms with Crippen molar-refractivity contribution in [3.63, 3.8) is 0 Å². The predicted molar refractivity (Wildman–Crippen MR) is 76.4 cm³/mol. The number of likely N-dealkylation sites (tertiary alicyclic amines) is 1. The molecule has 1 heterocycles. The highest BCUT2D eigenvalue weighted by molar-refractivity contribution is 4.79. The zero-order valence-corrected chi connectivity index (χ0v) is 12.3. The van der Waals surface area contributed by atoms with E-state index in [2.05, 4.69) is 37.9 Å². The first-order valence-corrected chi connectivity index (χ1v) is 7.57. The Balaban J connectivity index is 1.90. The van der Waals surface area contributed by atoms with Gasteiger partial charge in [-0.2, -0.15) is 0 Å². The van der Waals surface area contributed by atoms with Crippen LogP contribution in [0.25, 0.3) is 0 Å². The smallest absolute Gasteiger partial charge is 0.00700 e. The molecule has 0 saturated carbocycles. The Morgan fingerprint density at radius 3 is 2.41 bits per heavy atom. The number of nitrogens with one attached hydrogen (secondary N) is 1. The van der Waals surface area contributed by atoms with Crippen molar-refractivity contribution in [1.29, 1.82) is 0 Å². The second kappa shape index (κ2) is 8.10. The van der Waals surface area contributed by atoms with Crippen LogP contribution in [0.2, 0.25) is 0 Å². The quantitative estimate of drug-likeness (QED) is 0.655. The number of unbranched alkanes of at least 4 members (excludes halogenated alkanes) is 3. The van der Waals surface area contributed by atoms with Crippen LogP contribution in [0, 0.1) is 5.92 Å². The number of hydrogen-bond donors (Lipinski definition) is 1. The average molecular weight is 240 g/mol. The van der Waals surface area contributed by atoms with E-state index in [1.807, 2.05) is 0 Å². The Labute approximate surface area is 108 Å². The van der Waals surface area contributed by atoms with Crippen LogP contribution in [-0.2, 0) is 0 Å². The molecule has 1 N–H and O–H groups in total. The van der Waals surface area contributed by atoms with Gasteiger partial charge in [0.25, 0.3) is 0 Å². The normalized spacial score (nSPS) is 25.9. The van der Waals surface area contributed by atoms with Crippen LogP contribution < -0.4 is 5.32 Å². The van der Waals surface area contributed by atoms with E-state index in [0.717, 1.165) is 12.0 Å². The summed E-state index contributed by atoms with van der Waals surface area (Å²) in [5.74, 6) is 0.917. The Bertz CT molecular complexity index is 191. The molecule has 0 amide bonds. The molecule has 1 rings (SSSR count). The average Bonchev–Trinajstić information content (AvgIpc) is 2.55. The van der Waals surface area contributed by atoms with Crippen molar-refractivity contribution in [2.75, 3.05) is 19.6 Å². The monoisotopic (exact) mass is 240 g/mol. The van der Waals surface area contributed by atoms with Crippen molar-refractivity contribution in [1.82, 2.24) is 10.2 Å². The molecule has 0 aromatic heterocycles. The molecule has 2 unspecified atom stereocenters. The van der Waals surface area contributed by atoms with Crippen molar-refractivity contribution in [3.05, 3.63) is 0 Å².